The van der Waals surface area contributed by atoms with Gasteiger partial charge in [0.2, 0.25) is 0 Å². The number of piperidine rings is 1. The van der Waals surface area contributed by atoms with E-state index in [0.717, 1.165) is 19.3 Å². The van der Waals surface area contributed by atoms with Crippen molar-refractivity contribution in [2.45, 2.75) is 25.3 Å². The summed E-state index contributed by atoms with van der Waals surface area (Å²) in [5.74, 6) is -0.165. The summed E-state index contributed by atoms with van der Waals surface area (Å²) in [4.78, 5) is 26.0. The first-order valence-corrected chi connectivity index (χ1v) is 8.39. The number of nitrogens with one attached hydrogen (secondary N) is 2. The molecule has 1 aliphatic heterocycles. The number of primary amides is 1. The van der Waals surface area contributed by atoms with Crippen molar-refractivity contribution in [3.8, 4) is 11.5 Å². The topological polar surface area (TPSA) is 134 Å². The van der Waals surface area contributed by atoms with E-state index in [1.165, 1.54) is 0 Å². The van der Waals surface area contributed by atoms with E-state index >= 15 is 0 Å². The third kappa shape index (κ3) is 2.87. The lowest BCUT2D eigenvalue weighted by Gasteiger charge is -2.34. The number of carbonyl (C=O) groups excluding carboxylic acids is 2. The van der Waals surface area contributed by atoms with Crippen LogP contribution in [0, 0.1) is 0 Å². The molecule has 26 heavy (non-hydrogen) atoms. The summed E-state index contributed by atoms with van der Waals surface area (Å²) in [5.41, 5.74) is 7.09. The van der Waals surface area contributed by atoms with Crippen molar-refractivity contribution in [1.29, 1.82) is 0 Å². The van der Waals surface area contributed by atoms with Crippen LogP contribution in [-0.4, -0.2) is 43.7 Å². The molecule has 0 aromatic carbocycles. The molecular weight excluding hydrogens is 336 g/mol. The molecule has 0 spiro atoms. The molecule has 0 aliphatic carbocycles. The molecule has 1 aliphatic rings. The Kier molecular flexibility index (Phi) is 4.04. The van der Waals surface area contributed by atoms with Gasteiger partial charge in [0.05, 0.1) is 18.0 Å². The Labute approximate surface area is 148 Å². The predicted molar refractivity (Wildman–Crippen MR) is 91.0 cm³/mol. The molecule has 134 valence electrons. The SMILES string of the molecule is NC(=O)c1cc(C2CCCCN2C(=O)c2cc(-c3ccco3)[nH]n2)[nH]n1. The molecule has 3 aromatic rings. The zero-order valence-corrected chi connectivity index (χ0v) is 13.9. The normalized spacial score (nSPS) is 17.4. The standard InChI is InChI=1S/C17H18N6O3/c18-16(24)12-8-10(19-21-12)14-4-1-2-6-23(14)17(25)13-9-11(20-22-13)15-5-3-7-26-15/h3,5,7-9,14H,1-2,4,6H2,(H2,18,24)(H,19,21)(H,20,22). The Morgan fingerprint density at radius 3 is 2.77 bits per heavy atom. The molecule has 4 heterocycles. The second kappa shape index (κ2) is 6.51. The van der Waals surface area contributed by atoms with Gasteiger partial charge in [-0.2, -0.15) is 10.2 Å². The van der Waals surface area contributed by atoms with Crippen molar-refractivity contribution in [3.05, 3.63) is 47.6 Å². The van der Waals surface area contributed by atoms with Gasteiger partial charge in [0.25, 0.3) is 11.8 Å². The van der Waals surface area contributed by atoms with Crippen LogP contribution in [0.15, 0.2) is 34.9 Å². The maximum absolute atomic E-state index is 13.0. The molecule has 1 fully saturated rings. The molecule has 3 aromatic heterocycles. The largest absolute Gasteiger partial charge is 0.463 e. The van der Waals surface area contributed by atoms with Gasteiger partial charge in [0.1, 0.15) is 11.4 Å². The molecule has 1 saturated heterocycles. The Hall–Kier alpha value is -3.36. The highest BCUT2D eigenvalue weighted by molar-refractivity contribution is 5.94. The first kappa shape index (κ1) is 16.1. The van der Waals surface area contributed by atoms with Gasteiger partial charge >= 0.3 is 0 Å². The molecule has 9 heteroatoms. The predicted octanol–water partition coefficient (Wildman–Crippen LogP) is 1.86. The number of hydrogen-bond acceptors (Lipinski definition) is 5. The summed E-state index contributed by atoms with van der Waals surface area (Å²) >= 11 is 0. The van der Waals surface area contributed by atoms with Crippen molar-refractivity contribution in [2.75, 3.05) is 6.54 Å². The van der Waals surface area contributed by atoms with E-state index in [2.05, 4.69) is 20.4 Å². The second-order valence-corrected chi connectivity index (χ2v) is 6.23. The summed E-state index contributed by atoms with van der Waals surface area (Å²) in [5, 5.41) is 13.7. The average Bonchev–Trinajstić information content (AvgIpc) is 3.42. The maximum Gasteiger partial charge on any atom is 0.274 e. The molecule has 1 unspecified atom stereocenters. The number of aromatic nitrogens is 4. The lowest BCUT2D eigenvalue weighted by atomic mass is 9.98. The number of hydrogen-bond donors (Lipinski definition) is 3. The van der Waals surface area contributed by atoms with Crippen LogP contribution in [0.25, 0.3) is 11.5 Å². The Balaban J connectivity index is 1.59. The first-order chi connectivity index (χ1) is 12.6. The number of carbonyl (C=O) groups is 2. The summed E-state index contributed by atoms with van der Waals surface area (Å²) in [6.45, 7) is 0.609. The highest BCUT2D eigenvalue weighted by Gasteiger charge is 2.31. The van der Waals surface area contributed by atoms with Gasteiger partial charge in [0.15, 0.2) is 11.5 Å². The zero-order chi connectivity index (χ0) is 18.1. The number of nitrogens with two attached hydrogens (primary N) is 1. The molecule has 0 bridgehead atoms. The van der Waals surface area contributed by atoms with Crippen LogP contribution >= 0.6 is 0 Å². The highest BCUT2D eigenvalue weighted by atomic mass is 16.3. The first-order valence-electron chi connectivity index (χ1n) is 8.39. The van der Waals surface area contributed by atoms with Gasteiger partial charge < -0.3 is 15.1 Å². The van der Waals surface area contributed by atoms with Crippen LogP contribution in [0.3, 0.4) is 0 Å². The average molecular weight is 354 g/mol. The minimum atomic E-state index is -0.600. The van der Waals surface area contributed by atoms with Crippen LogP contribution < -0.4 is 5.73 Å². The maximum atomic E-state index is 13.0. The van der Waals surface area contributed by atoms with E-state index in [-0.39, 0.29) is 17.6 Å². The summed E-state index contributed by atoms with van der Waals surface area (Å²) in [6, 6.07) is 6.65. The number of aromatic amines is 2. The van der Waals surface area contributed by atoms with Crippen LogP contribution in [0.5, 0.6) is 0 Å². The molecule has 9 nitrogen and oxygen atoms in total. The second-order valence-electron chi connectivity index (χ2n) is 6.23. The zero-order valence-electron chi connectivity index (χ0n) is 13.9. The Morgan fingerprint density at radius 1 is 1.19 bits per heavy atom. The Morgan fingerprint density at radius 2 is 2.04 bits per heavy atom. The number of furan rings is 1. The van der Waals surface area contributed by atoms with Crippen molar-refractivity contribution in [1.82, 2.24) is 25.3 Å². The van der Waals surface area contributed by atoms with E-state index in [1.54, 1.807) is 35.4 Å². The molecular formula is C17H18N6O3. The van der Waals surface area contributed by atoms with Crippen LogP contribution in [-0.2, 0) is 0 Å². The fraction of sp³-hybridized carbons (Fsp3) is 0.294. The van der Waals surface area contributed by atoms with E-state index < -0.39 is 5.91 Å². The molecule has 4 rings (SSSR count). The van der Waals surface area contributed by atoms with Gasteiger partial charge in [0, 0.05) is 12.6 Å². The monoisotopic (exact) mass is 354 g/mol. The van der Waals surface area contributed by atoms with Crippen molar-refractivity contribution in [3.63, 3.8) is 0 Å². The quantitative estimate of drug-likeness (QED) is 0.657. The van der Waals surface area contributed by atoms with Crippen LogP contribution in [0.2, 0.25) is 0 Å². The number of rotatable bonds is 4. The van der Waals surface area contributed by atoms with E-state index in [9.17, 15) is 9.59 Å². The molecule has 0 radical (unpaired) electrons. The minimum absolute atomic E-state index is 0.165. The molecule has 1 atom stereocenters. The van der Waals surface area contributed by atoms with Gasteiger partial charge in [-0.1, -0.05) is 0 Å². The molecule has 0 saturated carbocycles. The number of nitrogens with zero attached hydrogens (tertiary/aromatic N) is 3. The lowest BCUT2D eigenvalue weighted by Crippen LogP contribution is -2.38. The van der Waals surface area contributed by atoms with Crippen LogP contribution in [0.1, 0.15) is 52.0 Å². The van der Waals surface area contributed by atoms with Crippen LogP contribution in [0.4, 0.5) is 0 Å². The number of H-pyrrole nitrogens is 2. The van der Waals surface area contributed by atoms with E-state index in [4.69, 9.17) is 10.2 Å². The summed E-state index contributed by atoms with van der Waals surface area (Å²) in [7, 11) is 0. The van der Waals surface area contributed by atoms with Gasteiger partial charge in [-0.05, 0) is 37.5 Å². The number of amides is 2. The van der Waals surface area contributed by atoms with Gasteiger partial charge in [-0.15, -0.1) is 0 Å². The third-order valence-corrected chi connectivity index (χ3v) is 4.56. The van der Waals surface area contributed by atoms with E-state index in [0.29, 0.717) is 29.4 Å². The van der Waals surface area contributed by atoms with Gasteiger partial charge in [-0.3, -0.25) is 19.8 Å². The summed E-state index contributed by atoms with van der Waals surface area (Å²) in [6.07, 6.45) is 4.24. The fourth-order valence-corrected chi connectivity index (χ4v) is 3.27. The minimum Gasteiger partial charge on any atom is -0.463 e. The lowest BCUT2D eigenvalue weighted by molar-refractivity contribution is 0.0600. The van der Waals surface area contributed by atoms with Crippen molar-refractivity contribution in [2.24, 2.45) is 5.73 Å². The third-order valence-electron chi connectivity index (χ3n) is 4.56. The molecule has 2 amide bonds. The number of likely N-dealkylation sites (tertiary alicyclic amines) is 1. The fourth-order valence-electron chi connectivity index (χ4n) is 3.27. The summed E-state index contributed by atoms with van der Waals surface area (Å²) < 4.78 is 5.32. The van der Waals surface area contributed by atoms with Crippen molar-refractivity contribution < 1.29 is 14.0 Å². The smallest absolute Gasteiger partial charge is 0.274 e. The van der Waals surface area contributed by atoms with Gasteiger partial charge in [-0.25, -0.2) is 0 Å². The van der Waals surface area contributed by atoms with E-state index in [1.807, 2.05) is 0 Å². The Bertz CT molecular complexity index is 926. The highest BCUT2D eigenvalue weighted by Crippen LogP contribution is 2.31. The molecule has 4 N–H and O–H groups in total. The van der Waals surface area contributed by atoms with Crippen molar-refractivity contribution >= 4 is 11.8 Å².